The molecule has 2 rings (SSSR count). The Morgan fingerprint density at radius 3 is 2.31 bits per heavy atom. The molecule has 1 aromatic heterocycles. The van der Waals surface area contributed by atoms with E-state index in [0.29, 0.717) is 11.4 Å². The third kappa shape index (κ3) is 5.44. The van der Waals surface area contributed by atoms with Crippen molar-refractivity contribution in [1.29, 1.82) is 0 Å². The first-order valence-electron chi connectivity index (χ1n) is 9.25. The zero-order chi connectivity index (χ0) is 22.0. The van der Waals surface area contributed by atoms with Crippen molar-refractivity contribution in [3.8, 4) is 5.75 Å². The molecule has 1 unspecified atom stereocenters. The monoisotopic (exact) mass is 421 g/mol. The first-order chi connectivity index (χ1) is 13.4. The van der Waals surface area contributed by atoms with Crippen molar-refractivity contribution in [1.82, 2.24) is 9.97 Å². The Hall–Kier alpha value is -2.68. The predicted molar refractivity (Wildman–Crippen MR) is 110 cm³/mol. The van der Waals surface area contributed by atoms with E-state index in [2.05, 4.69) is 14.7 Å². The maximum atomic E-state index is 13.1. The molecule has 1 atom stereocenters. The molecule has 0 aliphatic carbocycles. The topological polar surface area (TPSA) is 118 Å². The number of nitrogens with one attached hydrogen (secondary N) is 1. The summed E-state index contributed by atoms with van der Waals surface area (Å²) in [7, 11) is -4.13. The molecule has 0 radical (unpaired) electrons. The normalized spacial score (nSPS) is 13.0. The minimum atomic E-state index is -4.13. The number of aliphatic carboxylic acids is 1. The minimum Gasteiger partial charge on any atom is -0.479 e. The van der Waals surface area contributed by atoms with E-state index in [0.717, 1.165) is 12.0 Å². The zero-order valence-electron chi connectivity index (χ0n) is 17.5. The molecular formula is C20H27N3O5S. The molecule has 0 amide bonds. The van der Waals surface area contributed by atoms with Crippen LogP contribution < -0.4 is 9.46 Å². The molecule has 0 fully saturated rings. The second-order valence-corrected chi connectivity index (χ2v) is 9.23. The molecule has 0 spiro atoms. The van der Waals surface area contributed by atoms with Crippen LogP contribution in [0.2, 0.25) is 0 Å². The lowest BCUT2D eigenvalue weighted by atomic mass is 9.82. The van der Waals surface area contributed by atoms with Gasteiger partial charge in [0.15, 0.2) is 6.10 Å². The number of aryl methyl sites for hydroxylation is 2. The molecule has 1 aromatic carbocycles. The molecule has 2 aromatic rings. The summed E-state index contributed by atoms with van der Waals surface area (Å²) in [6.07, 6.45) is -0.433. The molecule has 8 nitrogen and oxygen atoms in total. The van der Waals surface area contributed by atoms with Gasteiger partial charge >= 0.3 is 5.97 Å². The number of carboxylic acid groups (broad SMARTS) is 1. The lowest BCUT2D eigenvalue weighted by Gasteiger charge is -2.25. The summed E-state index contributed by atoms with van der Waals surface area (Å²) in [6.45, 7) is 10.8. The smallest absolute Gasteiger partial charge is 0.344 e. The Kier molecular flexibility index (Phi) is 6.52. The fourth-order valence-corrected chi connectivity index (χ4v) is 3.73. The highest BCUT2D eigenvalue weighted by Crippen LogP contribution is 2.34. The van der Waals surface area contributed by atoms with E-state index in [-0.39, 0.29) is 22.0 Å². The van der Waals surface area contributed by atoms with E-state index < -0.39 is 22.1 Å². The Morgan fingerprint density at radius 1 is 1.21 bits per heavy atom. The van der Waals surface area contributed by atoms with Crippen molar-refractivity contribution >= 4 is 21.9 Å². The summed E-state index contributed by atoms with van der Waals surface area (Å²) >= 11 is 0. The average Bonchev–Trinajstić information content (AvgIpc) is 2.60. The van der Waals surface area contributed by atoms with E-state index in [1.807, 2.05) is 20.8 Å². The third-order valence-corrected chi connectivity index (χ3v) is 6.11. The van der Waals surface area contributed by atoms with Gasteiger partial charge in [0.2, 0.25) is 5.95 Å². The molecule has 9 heteroatoms. The fourth-order valence-electron chi connectivity index (χ4n) is 2.63. The summed E-state index contributed by atoms with van der Waals surface area (Å²) in [5.74, 6) is -1.30. The van der Waals surface area contributed by atoms with Crippen molar-refractivity contribution in [3.05, 3.63) is 41.2 Å². The summed E-state index contributed by atoms with van der Waals surface area (Å²) < 4.78 is 34.1. The number of anilines is 1. The van der Waals surface area contributed by atoms with Crippen molar-refractivity contribution in [2.24, 2.45) is 0 Å². The first kappa shape index (κ1) is 22.6. The van der Waals surface area contributed by atoms with Gasteiger partial charge in [-0.25, -0.2) is 27.9 Å². The zero-order valence-corrected chi connectivity index (χ0v) is 18.3. The van der Waals surface area contributed by atoms with Crippen LogP contribution in [0, 0.1) is 13.8 Å². The lowest BCUT2D eigenvalue weighted by Crippen LogP contribution is -2.25. The number of carbonyl (C=O) groups is 1. The average molecular weight is 422 g/mol. The van der Waals surface area contributed by atoms with E-state index in [1.54, 1.807) is 26.0 Å². The number of hydrogen-bond donors (Lipinski definition) is 2. The number of carboxylic acids is 1. The van der Waals surface area contributed by atoms with Crippen LogP contribution in [0.15, 0.2) is 29.2 Å². The quantitative estimate of drug-likeness (QED) is 0.670. The van der Waals surface area contributed by atoms with Crippen LogP contribution >= 0.6 is 0 Å². The van der Waals surface area contributed by atoms with Gasteiger partial charge in [0, 0.05) is 11.4 Å². The van der Waals surface area contributed by atoms with Gasteiger partial charge in [0.05, 0.1) is 0 Å². The molecule has 0 saturated carbocycles. The maximum absolute atomic E-state index is 13.1. The van der Waals surface area contributed by atoms with E-state index in [4.69, 9.17) is 9.84 Å². The van der Waals surface area contributed by atoms with E-state index in [9.17, 15) is 13.2 Å². The number of benzene rings is 1. The van der Waals surface area contributed by atoms with Crippen LogP contribution in [0.3, 0.4) is 0 Å². The summed E-state index contributed by atoms with van der Waals surface area (Å²) in [4.78, 5) is 19.3. The Bertz CT molecular complexity index is 999. The van der Waals surface area contributed by atoms with Crippen LogP contribution in [-0.2, 0) is 20.2 Å². The lowest BCUT2D eigenvalue weighted by molar-refractivity contribution is -0.144. The number of nitrogens with zero attached hydrogens (tertiary/aromatic N) is 2. The SMILES string of the molecule is CCC(C)(C)c1ccc(OC(C)C(=O)O)c(S(=O)(=O)Nc2nc(C)cc(C)n2)c1. The molecule has 0 aliphatic rings. The van der Waals surface area contributed by atoms with Gasteiger partial charge in [-0.15, -0.1) is 0 Å². The van der Waals surface area contributed by atoms with Gasteiger partial charge in [-0.3, -0.25) is 0 Å². The molecule has 158 valence electrons. The summed E-state index contributed by atoms with van der Waals surface area (Å²) in [5, 5.41) is 9.15. The molecule has 1 heterocycles. The van der Waals surface area contributed by atoms with Crippen LogP contribution in [-0.4, -0.2) is 35.6 Å². The first-order valence-corrected chi connectivity index (χ1v) is 10.7. The highest BCUT2D eigenvalue weighted by atomic mass is 32.2. The van der Waals surface area contributed by atoms with Crippen molar-refractivity contribution in [2.75, 3.05) is 4.72 Å². The Morgan fingerprint density at radius 2 is 1.79 bits per heavy atom. The second-order valence-electron chi connectivity index (χ2n) is 7.58. The second kappa shape index (κ2) is 8.36. The largest absolute Gasteiger partial charge is 0.479 e. The number of sulfonamides is 1. The number of rotatable bonds is 8. The van der Waals surface area contributed by atoms with Crippen molar-refractivity contribution in [3.63, 3.8) is 0 Å². The number of ether oxygens (including phenoxy) is 1. The number of hydrogen-bond acceptors (Lipinski definition) is 6. The Labute approximate surface area is 171 Å². The van der Waals surface area contributed by atoms with Crippen LogP contribution in [0.4, 0.5) is 5.95 Å². The predicted octanol–water partition coefficient (Wildman–Crippen LogP) is 3.43. The highest BCUT2D eigenvalue weighted by molar-refractivity contribution is 7.92. The summed E-state index contributed by atoms with van der Waals surface area (Å²) in [5.41, 5.74) is 1.74. The van der Waals surface area contributed by atoms with E-state index >= 15 is 0 Å². The van der Waals surface area contributed by atoms with Crippen LogP contribution in [0.5, 0.6) is 5.75 Å². The molecule has 0 bridgehead atoms. The summed E-state index contributed by atoms with van der Waals surface area (Å²) in [6, 6.07) is 6.48. The van der Waals surface area contributed by atoms with Gasteiger partial charge < -0.3 is 9.84 Å². The Balaban J connectivity index is 2.57. The van der Waals surface area contributed by atoms with Gasteiger partial charge in [-0.05, 0) is 56.4 Å². The van der Waals surface area contributed by atoms with Crippen LogP contribution in [0.1, 0.15) is 51.1 Å². The third-order valence-electron chi connectivity index (χ3n) is 4.76. The van der Waals surface area contributed by atoms with Gasteiger partial charge in [0.25, 0.3) is 10.0 Å². The number of aromatic nitrogens is 2. The molecule has 0 aliphatic heterocycles. The van der Waals surface area contributed by atoms with Gasteiger partial charge in [-0.1, -0.05) is 26.8 Å². The van der Waals surface area contributed by atoms with Gasteiger partial charge in [-0.2, -0.15) is 0 Å². The van der Waals surface area contributed by atoms with Gasteiger partial charge in [0.1, 0.15) is 10.6 Å². The standard InChI is InChI=1S/C20H27N3O5S/c1-7-20(5,6)15-8-9-16(28-14(4)18(24)25)17(11-15)29(26,27)23-19-21-12(2)10-13(3)22-19/h8-11,14H,7H2,1-6H3,(H,24,25)(H,21,22,23). The van der Waals surface area contributed by atoms with Crippen molar-refractivity contribution < 1.29 is 23.1 Å². The highest BCUT2D eigenvalue weighted by Gasteiger charge is 2.27. The molecule has 0 saturated heterocycles. The minimum absolute atomic E-state index is 0.0487. The van der Waals surface area contributed by atoms with Crippen LogP contribution in [0.25, 0.3) is 0 Å². The molecule has 29 heavy (non-hydrogen) atoms. The van der Waals surface area contributed by atoms with E-state index in [1.165, 1.54) is 19.1 Å². The van der Waals surface area contributed by atoms with Crippen molar-refractivity contribution in [2.45, 2.75) is 64.4 Å². The maximum Gasteiger partial charge on any atom is 0.344 e. The molecular weight excluding hydrogens is 394 g/mol. The molecule has 2 N–H and O–H groups in total. The fraction of sp³-hybridized carbons (Fsp3) is 0.450.